The molecule has 0 aliphatic heterocycles. The van der Waals surface area contributed by atoms with Gasteiger partial charge in [-0.2, -0.15) is 5.10 Å². The van der Waals surface area contributed by atoms with Crippen LogP contribution in [0.2, 0.25) is 0 Å². The summed E-state index contributed by atoms with van der Waals surface area (Å²) in [6.07, 6.45) is -0.286. The maximum atomic E-state index is 12.4. The molecule has 2 rings (SSSR count). The molecule has 2 aromatic rings. The molecule has 1 atom stereocenters. The number of hydrogen-bond donors (Lipinski definition) is 3. The SMILES string of the molecule is Cc1cc(C(=O)N[C@@H](C)c2n[nH]c(CC(=O)O)n2)c(=O)n(C)c1C. The van der Waals surface area contributed by atoms with Crippen LogP contribution in [-0.2, 0) is 18.3 Å². The van der Waals surface area contributed by atoms with Crippen LogP contribution in [0.5, 0.6) is 0 Å². The van der Waals surface area contributed by atoms with Crippen molar-refractivity contribution in [3.8, 4) is 0 Å². The third-order valence-corrected chi connectivity index (χ3v) is 3.82. The molecule has 0 spiro atoms. The largest absolute Gasteiger partial charge is 0.481 e. The van der Waals surface area contributed by atoms with Crippen molar-refractivity contribution in [2.24, 2.45) is 7.05 Å². The lowest BCUT2D eigenvalue weighted by molar-refractivity contribution is -0.136. The number of nitrogens with zero attached hydrogens (tertiary/aromatic N) is 3. The van der Waals surface area contributed by atoms with Crippen LogP contribution in [0.3, 0.4) is 0 Å². The molecule has 0 radical (unpaired) electrons. The Morgan fingerprint density at radius 1 is 1.42 bits per heavy atom. The number of aliphatic carboxylic acids is 1. The lowest BCUT2D eigenvalue weighted by atomic mass is 10.1. The molecular formula is C15H19N5O4. The maximum Gasteiger partial charge on any atom is 0.311 e. The Bertz CT molecular complexity index is 852. The quantitative estimate of drug-likeness (QED) is 0.718. The Kier molecular flexibility index (Phi) is 4.82. The Morgan fingerprint density at radius 3 is 2.71 bits per heavy atom. The van der Waals surface area contributed by atoms with Crippen LogP contribution < -0.4 is 10.9 Å². The minimum absolute atomic E-state index is 0.0359. The minimum Gasteiger partial charge on any atom is -0.481 e. The number of nitrogens with one attached hydrogen (secondary N) is 2. The molecule has 0 aliphatic rings. The molecule has 0 fully saturated rings. The van der Waals surface area contributed by atoms with Crippen LogP contribution in [0, 0.1) is 13.8 Å². The third kappa shape index (κ3) is 3.50. The summed E-state index contributed by atoms with van der Waals surface area (Å²) in [6.45, 7) is 5.28. The molecular weight excluding hydrogens is 314 g/mol. The highest BCUT2D eigenvalue weighted by Crippen LogP contribution is 2.10. The molecule has 0 saturated carbocycles. The third-order valence-electron chi connectivity index (χ3n) is 3.82. The van der Waals surface area contributed by atoms with Crippen molar-refractivity contribution in [3.05, 3.63) is 44.9 Å². The number of H-pyrrole nitrogens is 1. The standard InChI is InChI=1S/C15H19N5O4/c1-7-5-10(15(24)20(4)9(7)3)14(23)16-8(2)13-17-11(18-19-13)6-12(21)22/h5,8H,6H2,1-4H3,(H,16,23)(H,21,22)(H,17,18,19)/t8-/m0/s1. The van der Waals surface area contributed by atoms with Gasteiger partial charge in [0.2, 0.25) is 0 Å². The molecule has 9 heteroatoms. The van der Waals surface area contributed by atoms with E-state index < -0.39 is 17.9 Å². The molecule has 9 nitrogen and oxygen atoms in total. The molecule has 0 saturated heterocycles. The highest BCUT2D eigenvalue weighted by atomic mass is 16.4. The predicted octanol–water partition coefficient (Wildman–Crippen LogP) is 0.238. The summed E-state index contributed by atoms with van der Waals surface area (Å²) < 4.78 is 1.42. The number of pyridine rings is 1. The van der Waals surface area contributed by atoms with Gasteiger partial charge in [0.05, 0.1) is 6.04 Å². The van der Waals surface area contributed by atoms with E-state index in [0.29, 0.717) is 0 Å². The monoisotopic (exact) mass is 333 g/mol. The number of hydrogen-bond acceptors (Lipinski definition) is 5. The van der Waals surface area contributed by atoms with Gasteiger partial charge in [-0.15, -0.1) is 0 Å². The lowest BCUT2D eigenvalue weighted by Gasteiger charge is -2.13. The average molecular weight is 333 g/mol. The van der Waals surface area contributed by atoms with E-state index in [9.17, 15) is 14.4 Å². The summed E-state index contributed by atoms with van der Waals surface area (Å²) in [5.41, 5.74) is 1.27. The molecule has 0 aliphatic carbocycles. The summed E-state index contributed by atoms with van der Waals surface area (Å²) in [5, 5.41) is 17.8. The van der Waals surface area contributed by atoms with E-state index >= 15 is 0 Å². The zero-order chi connectivity index (χ0) is 18.0. The maximum absolute atomic E-state index is 12.4. The average Bonchev–Trinajstić information content (AvgIpc) is 2.96. The number of aromatic nitrogens is 4. The number of carboxylic acids is 1. The van der Waals surface area contributed by atoms with E-state index in [4.69, 9.17) is 5.11 Å². The number of carbonyl (C=O) groups excluding carboxylic acids is 1. The number of rotatable bonds is 5. The van der Waals surface area contributed by atoms with Crippen molar-refractivity contribution < 1.29 is 14.7 Å². The van der Waals surface area contributed by atoms with Gasteiger partial charge >= 0.3 is 5.97 Å². The topological polar surface area (TPSA) is 130 Å². The molecule has 1 amide bonds. The predicted molar refractivity (Wildman–Crippen MR) is 84.8 cm³/mol. The first-order valence-corrected chi connectivity index (χ1v) is 7.31. The van der Waals surface area contributed by atoms with Crippen molar-refractivity contribution in [2.75, 3.05) is 0 Å². The first kappa shape index (κ1) is 17.4. The van der Waals surface area contributed by atoms with Crippen LogP contribution in [0.25, 0.3) is 0 Å². The van der Waals surface area contributed by atoms with E-state index in [2.05, 4.69) is 20.5 Å². The van der Waals surface area contributed by atoms with Crippen molar-refractivity contribution in [1.82, 2.24) is 25.1 Å². The minimum atomic E-state index is -1.03. The van der Waals surface area contributed by atoms with Crippen LogP contribution in [0.4, 0.5) is 0 Å². The second-order valence-corrected chi connectivity index (χ2v) is 5.60. The molecule has 2 heterocycles. The Labute approximate surface area is 137 Å². The van der Waals surface area contributed by atoms with Gasteiger partial charge in [0.15, 0.2) is 5.82 Å². The summed E-state index contributed by atoms with van der Waals surface area (Å²) in [4.78, 5) is 39.3. The van der Waals surface area contributed by atoms with E-state index in [0.717, 1.165) is 11.3 Å². The fourth-order valence-corrected chi connectivity index (χ4v) is 2.21. The first-order valence-electron chi connectivity index (χ1n) is 7.31. The highest BCUT2D eigenvalue weighted by Gasteiger charge is 2.19. The van der Waals surface area contributed by atoms with Crippen LogP contribution >= 0.6 is 0 Å². The lowest BCUT2D eigenvalue weighted by Crippen LogP contribution is -2.35. The van der Waals surface area contributed by atoms with Gasteiger partial charge in [-0.25, -0.2) is 4.98 Å². The summed E-state index contributed by atoms with van der Waals surface area (Å²) in [7, 11) is 1.61. The van der Waals surface area contributed by atoms with Gasteiger partial charge in [0, 0.05) is 12.7 Å². The van der Waals surface area contributed by atoms with Gasteiger partial charge < -0.3 is 15.0 Å². The fourth-order valence-electron chi connectivity index (χ4n) is 2.21. The first-order chi connectivity index (χ1) is 11.2. The second kappa shape index (κ2) is 6.65. The number of amides is 1. The van der Waals surface area contributed by atoms with Crippen molar-refractivity contribution in [1.29, 1.82) is 0 Å². The zero-order valence-corrected chi connectivity index (χ0v) is 13.9. The molecule has 0 unspecified atom stereocenters. The van der Waals surface area contributed by atoms with Crippen molar-refractivity contribution >= 4 is 11.9 Å². The Balaban J connectivity index is 2.19. The van der Waals surface area contributed by atoms with Crippen LogP contribution in [0.1, 0.15) is 46.2 Å². The molecule has 0 aromatic carbocycles. The van der Waals surface area contributed by atoms with Gasteiger partial charge in [-0.1, -0.05) is 0 Å². The van der Waals surface area contributed by atoms with Crippen LogP contribution in [0.15, 0.2) is 10.9 Å². The summed E-state index contributed by atoms with van der Waals surface area (Å²) in [6, 6.07) is 0.968. The van der Waals surface area contributed by atoms with Gasteiger partial charge in [0.1, 0.15) is 17.8 Å². The smallest absolute Gasteiger partial charge is 0.311 e. The number of aryl methyl sites for hydroxylation is 1. The van der Waals surface area contributed by atoms with Crippen molar-refractivity contribution in [3.63, 3.8) is 0 Å². The molecule has 3 N–H and O–H groups in total. The number of carboxylic acid groups (broad SMARTS) is 1. The van der Waals surface area contributed by atoms with Gasteiger partial charge in [0.25, 0.3) is 11.5 Å². The van der Waals surface area contributed by atoms with Gasteiger partial charge in [-0.3, -0.25) is 19.5 Å². The van der Waals surface area contributed by atoms with Gasteiger partial charge in [-0.05, 0) is 32.4 Å². The summed E-state index contributed by atoms with van der Waals surface area (Å²) >= 11 is 0. The fraction of sp³-hybridized carbons (Fsp3) is 0.400. The molecule has 2 aromatic heterocycles. The van der Waals surface area contributed by atoms with E-state index in [-0.39, 0.29) is 29.2 Å². The Morgan fingerprint density at radius 2 is 2.08 bits per heavy atom. The number of aromatic amines is 1. The molecule has 128 valence electrons. The van der Waals surface area contributed by atoms with Crippen LogP contribution in [-0.4, -0.2) is 36.7 Å². The highest BCUT2D eigenvalue weighted by molar-refractivity contribution is 5.94. The molecule has 0 bridgehead atoms. The summed E-state index contributed by atoms with van der Waals surface area (Å²) in [5.74, 6) is -1.12. The number of carbonyl (C=O) groups is 2. The second-order valence-electron chi connectivity index (χ2n) is 5.60. The zero-order valence-electron chi connectivity index (χ0n) is 13.9. The van der Waals surface area contributed by atoms with E-state index in [1.807, 2.05) is 6.92 Å². The van der Waals surface area contributed by atoms with Crippen molar-refractivity contribution in [2.45, 2.75) is 33.2 Å². The molecule has 24 heavy (non-hydrogen) atoms. The Hall–Kier alpha value is -2.97. The normalized spacial score (nSPS) is 12.0. The van der Waals surface area contributed by atoms with E-state index in [1.165, 1.54) is 4.57 Å². The van der Waals surface area contributed by atoms with E-state index in [1.54, 1.807) is 27.0 Å².